The van der Waals surface area contributed by atoms with Gasteiger partial charge in [0, 0.05) is 43.6 Å². The molecular weight excluding hydrogens is 659 g/mol. The van der Waals surface area contributed by atoms with Crippen LogP contribution in [0.15, 0.2) is 176 Å². The number of rotatable bonds is 4. The molecule has 8 aromatic carbocycles. The molecule has 0 spiro atoms. The van der Waals surface area contributed by atoms with Gasteiger partial charge in [0.25, 0.3) is 0 Å². The second-order valence-corrected chi connectivity index (χ2v) is 13.7. The monoisotopic (exact) mass is 687 g/mol. The fourth-order valence-electron chi connectivity index (χ4n) is 8.47. The second-order valence-electron chi connectivity index (χ2n) is 13.7. The molecule has 5 nitrogen and oxygen atoms in total. The lowest BCUT2D eigenvalue weighted by Gasteiger charge is -2.15. The van der Waals surface area contributed by atoms with Gasteiger partial charge < -0.3 is 9.13 Å². The Labute approximate surface area is 310 Å². The summed E-state index contributed by atoms with van der Waals surface area (Å²) in [6.07, 6.45) is 0. The molecule has 0 N–H and O–H groups in total. The molecule has 0 aliphatic heterocycles. The summed E-state index contributed by atoms with van der Waals surface area (Å²) in [4.78, 5) is 9.69. The van der Waals surface area contributed by atoms with E-state index in [1.54, 1.807) is 0 Å². The number of hydrogen-bond donors (Lipinski definition) is 0. The number of para-hydroxylation sites is 4. The van der Waals surface area contributed by atoms with Gasteiger partial charge in [0.1, 0.15) is 6.07 Å². The molecule has 0 saturated carbocycles. The molecule has 0 aliphatic carbocycles. The maximum absolute atomic E-state index is 10.0. The average Bonchev–Trinajstić information content (AvgIpc) is 3.76. The number of aromatic nitrogens is 4. The van der Waals surface area contributed by atoms with Gasteiger partial charge in [-0.05, 0) is 77.2 Å². The lowest BCUT2D eigenvalue weighted by atomic mass is 9.98. The first-order chi connectivity index (χ1) is 26.8. The van der Waals surface area contributed by atoms with Crippen LogP contribution >= 0.6 is 0 Å². The molecule has 5 heteroatoms. The molecule has 0 saturated heterocycles. The van der Waals surface area contributed by atoms with Gasteiger partial charge in [0.15, 0.2) is 11.5 Å². The zero-order valence-corrected chi connectivity index (χ0v) is 29.0. The maximum Gasteiger partial charge on any atom is 0.161 e. The zero-order chi connectivity index (χ0) is 35.8. The summed E-state index contributed by atoms with van der Waals surface area (Å²) in [6.45, 7) is 0. The van der Waals surface area contributed by atoms with Crippen LogP contribution in [0.3, 0.4) is 0 Å². The first kappa shape index (κ1) is 30.1. The lowest BCUT2D eigenvalue weighted by Crippen LogP contribution is -1.99. The fraction of sp³-hybridized carbons (Fsp3) is 0. The highest BCUT2D eigenvalue weighted by Crippen LogP contribution is 2.42. The molecule has 250 valence electrons. The summed E-state index contributed by atoms with van der Waals surface area (Å²) in [5, 5.41) is 17.7. The minimum absolute atomic E-state index is 0.376. The van der Waals surface area contributed by atoms with Crippen LogP contribution < -0.4 is 0 Å². The van der Waals surface area contributed by atoms with E-state index in [4.69, 9.17) is 9.97 Å². The van der Waals surface area contributed by atoms with Crippen LogP contribution in [-0.4, -0.2) is 19.1 Å². The normalized spacial score (nSPS) is 11.7. The van der Waals surface area contributed by atoms with Gasteiger partial charge >= 0.3 is 0 Å². The summed E-state index contributed by atoms with van der Waals surface area (Å²) in [5.41, 5.74) is 11.2. The van der Waals surface area contributed by atoms with Crippen molar-refractivity contribution < 1.29 is 0 Å². The van der Waals surface area contributed by atoms with Gasteiger partial charge in [-0.2, -0.15) is 5.26 Å². The Hall–Kier alpha value is -7.55. The number of nitriles is 1. The molecule has 0 atom stereocenters. The van der Waals surface area contributed by atoms with Crippen LogP contribution in [0.25, 0.3) is 99.2 Å². The quantitative estimate of drug-likeness (QED) is 0.185. The number of fused-ring (bicyclic) bond motifs is 8. The van der Waals surface area contributed by atoms with Crippen molar-refractivity contribution in [3.63, 3.8) is 0 Å². The SMILES string of the molecule is N#Cc1nc(-c2ccc(-n3c4ccccc4c4c(-c5ccc6c7ccccc7n(-c7ccccc7)c6c5)cccc43)c3ccccc23)nc2ccccc12. The van der Waals surface area contributed by atoms with Crippen LogP contribution in [0.5, 0.6) is 0 Å². The molecule has 0 bridgehead atoms. The second kappa shape index (κ2) is 11.7. The van der Waals surface area contributed by atoms with Gasteiger partial charge in [0.2, 0.25) is 0 Å². The van der Waals surface area contributed by atoms with Crippen LogP contribution in [-0.2, 0) is 0 Å². The smallest absolute Gasteiger partial charge is 0.161 e. The summed E-state index contributed by atoms with van der Waals surface area (Å²) in [7, 11) is 0. The highest BCUT2D eigenvalue weighted by Gasteiger charge is 2.20. The van der Waals surface area contributed by atoms with Crippen molar-refractivity contribution in [1.29, 1.82) is 5.26 Å². The summed E-state index contributed by atoms with van der Waals surface area (Å²) in [5.74, 6) is 0.542. The number of hydrogen-bond acceptors (Lipinski definition) is 3. The van der Waals surface area contributed by atoms with E-state index < -0.39 is 0 Å². The maximum atomic E-state index is 10.0. The van der Waals surface area contributed by atoms with Crippen molar-refractivity contribution in [2.45, 2.75) is 0 Å². The van der Waals surface area contributed by atoms with Gasteiger partial charge in [-0.15, -0.1) is 0 Å². The van der Waals surface area contributed by atoms with Gasteiger partial charge in [0.05, 0.1) is 33.3 Å². The molecular formula is C49H29N5. The predicted octanol–water partition coefficient (Wildman–Crippen LogP) is 12.2. The molecule has 3 aromatic heterocycles. The lowest BCUT2D eigenvalue weighted by molar-refractivity contribution is 1.18. The van der Waals surface area contributed by atoms with E-state index in [0.717, 1.165) is 55.2 Å². The van der Waals surface area contributed by atoms with Crippen LogP contribution in [0.2, 0.25) is 0 Å². The van der Waals surface area contributed by atoms with Crippen molar-refractivity contribution in [2.75, 3.05) is 0 Å². The Morgan fingerprint density at radius 2 is 1.07 bits per heavy atom. The zero-order valence-electron chi connectivity index (χ0n) is 29.0. The van der Waals surface area contributed by atoms with E-state index in [9.17, 15) is 5.26 Å². The summed E-state index contributed by atoms with van der Waals surface area (Å²) in [6, 6.07) is 64.2. The number of benzene rings is 8. The van der Waals surface area contributed by atoms with E-state index in [1.807, 2.05) is 24.3 Å². The first-order valence-corrected chi connectivity index (χ1v) is 18.1. The Kier molecular flexibility index (Phi) is 6.55. The van der Waals surface area contributed by atoms with Gasteiger partial charge in [-0.25, -0.2) is 9.97 Å². The standard InChI is InChI=1S/C49H29N5/c50-30-42-39-18-6-9-21-41(39)51-49(52-42)38-27-28-45(35-16-5-4-15-34(35)38)54-44-23-11-8-19-40(44)48-33(20-12-24-46(48)54)31-25-26-37-36-17-7-10-22-43(36)53(47(37)29-31)32-13-2-1-3-14-32/h1-29H. The topological polar surface area (TPSA) is 59.4 Å². The van der Waals surface area contributed by atoms with E-state index in [0.29, 0.717) is 11.5 Å². The Bertz CT molecular complexity index is 3350. The Morgan fingerprint density at radius 3 is 1.89 bits per heavy atom. The summed E-state index contributed by atoms with van der Waals surface area (Å²) >= 11 is 0. The van der Waals surface area contributed by atoms with E-state index >= 15 is 0 Å². The largest absolute Gasteiger partial charge is 0.309 e. The molecule has 0 fully saturated rings. The van der Waals surface area contributed by atoms with E-state index in [-0.39, 0.29) is 0 Å². The third kappa shape index (κ3) is 4.38. The van der Waals surface area contributed by atoms with Crippen molar-refractivity contribution in [2.24, 2.45) is 0 Å². The number of nitrogens with zero attached hydrogens (tertiary/aromatic N) is 5. The highest BCUT2D eigenvalue weighted by molar-refractivity contribution is 6.18. The van der Waals surface area contributed by atoms with E-state index in [2.05, 4.69) is 167 Å². The van der Waals surface area contributed by atoms with Crippen molar-refractivity contribution in [1.82, 2.24) is 19.1 Å². The van der Waals surface area contributed by atoms with Gasteiger partial charge in [-0.3, -0.25) is 0 Å². The third-order valence-electron chi connectivity index (χ3n) is 10.8. The first-order valence-electron chi connectivity index (χ1n) is 18.1. The van der Waals surface area contributed by atoms with Crippen molar-refractivity contribution in [3.05, 3.63) is 182 Å². The van der Waals surface area contributed by atoms with Crippen LogP contribution in [0.4, 0.5) is 0 Å². The molecule has 11 aromatic rings. The van der Waals surface area contributed by atoms with Crippen LogP contribution in [0.1, 0.15) is 5.69 Å². The molecule has 54 heavy (non-hydrogen) atoms. The minimum atomic E-state index is 0.376. The Morgan fingerprint density at radius 1 is 0.426 bits per heavy atom. The molecule has 0 radical (unpaired) electrons. The molecule has 11 rings (SSSR count). The van der Waals surface area contributed by atoms with E-state index in [1.165, 1.54) is 38.1 Å². The van der Waals surface area contributed by atoms with Crippen molar-refractivity contribution in [3.8, 4) is 40.0 Å². The molecule has 0 amide bonds. The molecule has 0 aliphatic rings. The predicted molar refractivity (Wildman–Crippen MR) is 221 cm³/mol. The highest BCUT2D eigenvalue weighted by atomic mass is 15.0. The van der Waals surface area contributed by atoms with Gasteiger partial charge in [-0.1, -0.05) is 115 Å². The summed E-state index contributed by atoms with van der Waals surface area (Å²) < 4.78 is 4.77. The minimum Gasteiger partial charge on any atom is -0.309 e. The van der Waals surface area contributed by atoms with Crippen LogP contribution in [0, 0.1) is 11.3 Å². The third-order valence-corrected chi connectivity index (χ3v) is 10.8. The van der Waals surface area contributed by atoms with Crippen molar-refractivity contribution >= 4 is 65.3 Å². The molecule has 0 unspecified atom stereocenters. The molecule has 3 heterocycles. The Balaban J connectivity index is 1.15. The fourth-order valence-corrected chi connectivity index (χ4v) is 8.47. The average molecular weight is 688 g/mol.